The van der Waals surface area contributed by atoms with Gasteiger partial charge < -0.3 is 9.64 Å². The molecule has 29 heavy (non-hydrogen) atoms. The third kappa shape index (κ3) is 5.82. The monoisotopic (exact) mass is 385 g/mol. The van der Waals surface area contributed by atoms with E-state index in [9.17, 15) is 0 Å². The zero-order valence-electron chi connectivity index (χ0n) is 17.8. The third-order valence-corrected chi connectivity index (χ3v) is 5.02. The van der Waals surface area contributed by atoms with Gasteiger partial charge in [0.05, 0.1) is 5.76 Å². The Labute approximate surface area is 175 Å². The van der Waals surface area contributed by atoms with Crippen LogP contribution in [0, 0.1) is 0 Å². The predicted molar refractivity (Wildman–Crippen MR) is 124 cm³/mol. The first-order valence-electron chi connectivity index (χ1n) is 10.4. The maximum Gasteiger partial charge on any atom is 0.100 e. The first-order valence-corrected chi connectivity index (χ1v) is 10.4. The van der Waals surface area contributed by atoms with Gasteiger partial charge in [0.1, 0.15) is 6.61 Å². The second kappa shape index (κ2) is 10.6. The van der Waals surface area contributed by atoms with Gasteiger partial charge in [-0.15, -0.1) is 0 Å². The second-order valence-electron chi connectivity index (χ2n) is 7.45. The number of likely N-dealkylation sites (N-methyl/N-ethyl adjacent to an activating group) is 1. The minimum atomic E-state index is 0.710. The molecule has 3 rings (SSSR count). The molecule has 150 valence electrons. The summed E-state index contributed by atoms with van der Waals surface area (Å²) in [6.07, 6.45) is 10.6. The molecule has 0 aromatic heterocycles. The molecule has 0 fully saturated rings. The Balaban J connectivity index is 2.02. The fourth-order valence-electron chi connectivity index (χ4n) is 3.53. The molecule has 0 radical (unpaired) electrons. The van der Waals surface area contributed by atoms with Crippen LogP contribution in [0.3, 0.4) is 0 Å². The summed E-state index contributed by atoms with van der Waals surface area (Å²) in [5, 5.41) is 0. The zero-order chi connectivity index (χ0) is 20.5. The number of rotatable bonds is 8. The van der Waals surface area contributed by atoms with E-state index in [4.69, 9.17) is 4.74 Å². The summed E-state index contributed by atoms with van der Waals surface area (Å²) in [5.74, 6) is 1.02. The van der Waals surface area contributed by atoms with Gasteiger partial charge in [-0.3, -0.25) is 0 Å². The van der Waals surface area contributed by atoms with E-state index in [0.29, 0.717) is 6.61 Å². The SMILES string of the molecule is CC/C(=C(/C1=CC=C(OCCN(C)C)CC=C1)c1ccccc1)c1ccccc1. The fourth-order valence-corrected chi connectivity index (χ4v) is 3.53. The largest absolute Gasteiger partial charge is 0.496 e. The van der Waals surface area contributed by atoms with Crippen LogP contribution in [-0.2, 0) is 4.74 Å². The van der Waals surface area contributed by atoms with Crippen LogP contribution >= 0.6 is 0 Å². The van der Waals surface area contributed by atoms with E-state index in [2.05, 4.69) is 111 Å². The number of nitrogens with zero attached hydrogens (tertiary/aromatic N) is 1. The van der Waals surface area contributed by atoms with E-state index >= 15 is 0 Å². The highest BCUT2D eigenvalue weighted by atomic mass is 16.5. The van der Waals surface area contributed by atoms with E-state index in [1.165, 1.54) is 27.8 Å². The first kappa shape index (κ1) is 20.9. The molecule has 0 amide bonds. The third-order valence-electron chi connectivity index (χ3n) is 5.02. The lowest BCUT2D eigenvalue weighted by Crippen LogP contribution is -2.17. The molecule has 2 nitrogen and oxygen atoms in total. The van der Waals surface area contributed by atoms with Crippen molar-refractivity contribution < 1.29 is 4.74 Å². The number of allylic oxidation sites excluding steroid dienone is 7. The predicted octanol–water partition coefficient (Wildman–Crippen LogP) is 6.36. The van der Waals surface area contributed by atoms with Crippen molar-refractivity contribution in [3.63, 3.8) is 0 Å². The van der Waals surface area contributed by atoms with Crippen LogP contribution in [-0.4, -0.2) is 32.1 Å². The molecule has 0 unspecified atom stereocenters. The van der Waals surface area contributed by atoms with E-state index in [0.717, 1.165) is 25.1 Å². The maximum atomic E-state index is 5.99. The van der Waals surface area contributed by atoms with Crippen LogP contribution in [0.2, 0.25) is 0 Å². The van der Waals surface area contributed by atoms with Crippen LogP contribution in [0.4, 0.5) is 0 Å². The molecule has 2 aromatic rings. The lowest BCUT2D eigenvalue weighted by Gasteiger charge is -2.16. The van der Waals surface area contributed by atoms with Gasteiger partial charge in [0.25, 0.3) is 0 Å². The fraction of sp³-hybridized carbons (Fsp3) is 0.259. The van der Waals surface area contributed by atoms with Crippen molar-refractivity contribution in [2.24, 2.45) is 0 Å². The van der Waals surface area contributed by atoms with Crippen LogP contribution in [0.1, 0.15) is 30.9 Å². The quantitative estimate of drug-likeness (QED) is 0.491. The number of benzene rings is 2. The summed E-state index contributed by atoms with van der Waals surface area (Å²) in [5.41, 5.74) is 6.40. The molecule has 0 atom stereocenters. The Bertz CT molecular complexity index is 902. The Hall–Kier alpha value is -2.84. The van der Waals surface area contributed by atoms with Gasteiger partial charge >= 0.3 is 0 Å². The van der Waals surface area contributed by atoms with Crippen molar-refractivity contribution in [2.75, 3.05) is 27.2 Å². The van der Waals surface area contributed by atoms with Crippen molar-refractivity contribution in [2.45, 2.75) is 19.8 Å². The number of hydrogen-bond donors (Lipinski definition) is 0. The summed E-state index contributed by atoms with van der Waals surface area (Å²) in [7, 11) is 4.13. The van der Waals surface area contributed by atoms with Gasteiger partial charge in [0.15, 0.2) is 0 Å². The van der Waals surface area contributed by atoms with Gasteiger partial charge in [-0.2, -0.15) is 0 Å². The molecule has 0 saturated carbocycles. The van der Waals surface area contributed by atoms with Gasteiger partial charge in [-0.05, 0) is 54.4 Å². The summed E-state index contributed by atoms with van der Waals surface area (Å²) in [4.78, 5) is 2.14. The maximum absolute atomic E-state index is 5.99. The average Bonchev–Trinajstić information content (AvgIpc) is 2.98. The standard InChI is InChI=1S/C27H31NO/c1-4-26(22-12-7-5-8-13-22)27(23-14-9-6-10-15-23)24-16-11-17-25(19-18-24)29-21-20-28(2)3/h5-16,18-19H,4,17,20-21H2,1-3H3/b27-26-. The molecule has 2 heteroatoms. The summed E-state index contributed by atoms with van der Waals surface area (Å²) >= 11 is 0. The number of ether oxygens (including phenoxy) is 1. The van der Waals surface area contributed by atoms with E-state index in [1.807, 2.05) is 0 Å². The van der Waals surface area contributed by atoms with Crippen LogP contribution in [0.25, 0.3) is 11.1 Å². The van der Waals surface area contributed by atoms with Crippen molar-refractivity contribution in [1.29, 1.82) is 0 Å². The van der Waals surface area contributed by atoms with Gasteiger partial charge in [0, 0.05) is 13.0 Å². The van der Waals surface area contributed by atoms with Crippen molar-refractivity contribution in [1.82, 2.24) is 4.90 Å². The second-order valence-corrected chi connectivity index (χ2v) is 7.45. The molecule has 0 saturated heterocycles. The molecule has 2 aromatic carbocycles. The van der Waals surface area contributed by atoms with E-state index < -0.39 is 0 Å². The Kier molecular flexibility index (Phi) is 7.66. The molecular formula is C27H31NO. The topological polar surface area (TPSA) is 12.5 Å². The molecule has 0 bridgehead atoms. The Morgan fingerprint density at radius 1 is 0.897 bits per heavy atom. The van der Waals surface area contributed by atoms with Gasteiger partial charge in [0.2, 0.25) is 0 Å². The lowest BCUT2D eigenvalue weighted by molar-refractivity contribution is 0.180. The van der Waals surface area contributed by atoms with Gasteiger partial charge in [-0.1, -0.05) is 85.8 Å². The zero-order valence-corrected chi connectivity index (χ0v) is 17.8. The lowest BCUT2D eigenvalue weighted by atomic mass is 9.87. The smallest absolute Gasteiger partial charge is 0.100 e. The highest BCUT2D eigenvalue weighted by Crippen LogP contribution is 2.35. The highest BCUT2D eigenvalue weighted by molar-refractivity contribution is 5.99. The molecule has 0 spiro atoms. The Morgan fingerprint density at radius 2 is 1.55 bits per heavy atom. The van der Waals surface area contributed by atoms with E-state index in [-0.39, 0.29) is 0 Å². The van der Waals surface area contributed by atoms with Crippen LogP contribution in [0.5, 0.6) is 0 Å². The molecule has 1 aliphatic rings. The van der Waals surface area contributed by atoms with E-state index in [1.54, 1.807) is 0 Å². The summed E-state index contributed by atoms with van der Waals surface area (Å²) in [6.45, 7) is 3.86. The van der Waals surface area contributed by atoms with Crippen molar-refractivity contribution >= 4 is 11.1 Å². The first-order chi connectivity index (χ1) is 14.2. The average molecular weight is 386 g/mol. The minimum Gasteiger partial charge on any atom is -0.496 e. The van der Waals surface area contributed by atoms with Crippen LogP contribution < -0.4 is 0 Å². The highest BCUT2D eigenvalue weighted by Gasteiger charge is 2.14. The van der Waals surface area contributed by atoms with Gasteiger partial charge in [-0.25, -0.2) is 0 Å². The van der Waals surface area contributed by atoms with Crippen LogP contribution in [0.15, 0.2) is 96.3 Å². The Morgan fingerprint density at radius 3 is 2.17 bits per heavy atom. The summed E-state index contributed by atoms with van der Waals surface area (Å²) < 4.78 is 5.99. The molecule has 0 heterocycles. The molecule has 1 aliphatic carbocycles. The molecule has 0 aliphatic heterocycles. The summed E-state index contributed by atoms with van der Waals surface area (Å²) in [6, 6.07) is 21.4. The van der Waals surface area contributed by atoms with Crippen molar-refractivity contribution in [3.8, 4) is 0 Å². The molecule has 0 N–H and O–H groups in total. The molecular weight excluding hydrogens is 354 g/mol. The minimum absolute atomic E-state index is 0.710. The normalized spacial score (nSPS) is 14.8. The number of hydrogen-bond acceptors (Lipinski definition) is 2. The van der Waals surface area contributed by atoms with Crippen molar-refractivity contribution in [3.05, 3.63) is 107 Å².